The van der Waals surface area contributed by atoms with E-state index in [1.54, 1.807) is 23.5 Å². The number of thiazole rings is 1. The van der Waals surface area contributed by atoms with Gasteiger partial charge in [-0.05, 0) is 37.3 Å². The van der Waals surface area contributed by atoms with Crippen LogP contribution in [0.2, 0.25) is 10.0 Å². The van der Waals surface area contributed by atoms with Gasteiger partial charge in [0.1, 0.15) is 27.6 Å². The Bertz CT molecular complexity index is 1010. The molecule has 0 fully saturated rings. The topological polar surface area (TPSA) is 40.6 Å². The fraction of sp³-hybridized carbons (Fsp3) is 0.227. The smallest absolute Gasteiger partial charge is 0.156 e. The summed E-state index contributed by atoms with van der Waals surface area (Å²) >= 11 is 25.2. The van der Waals surface area contributed by atoms with Crippen molar-refractivity contribution in [3.8, 4) is 27.8 Å². The lowest BCUT2D eigenvalue weighted by Crippen LogP contribution is -2.05. The molecule has 0 unspecified atom stereocenters. The standard InChI is InChI=1S/C22H19Cl4NO3S/c1-14-13-31-22(27-14)15-3-5-16(6-4-15)28-8-2-9-30-21-18(23)11-17(12-19(21)24)29-10-7-20(25)26/h3-7,11-13H,2,8-10H2,1H3. The molecule has 0 saturated carbocycles. The summed E-state index contributed by atoms with van der Waals surface area (Å²) in [5.74, 6) is 1.69. The number of benzene rings is 2. The summed E-state index contributed by atoms with van der Waals surface area (Å²) < 4.78 is 17.1. The molecular formula is C22H19Cl4NO3S. The summed E-state index contributed by atoms with van der Waals surface area (Å²) in [6.07, 6.45) is 2.18. The van der Waals surface area contributed by atoms with Crippen molar-refractivity contribution < 1.29 is 14.2 Å². The maximum absolute atomic E-state index is 6.26. The normalized spacial score (nSPS) is 10.6. The lowest BCUT2D eigenvalue weighted by molar-refractivity contribution is 0.247. The van der Waals surface area contributed by atoms with Crippen molar-refractivity contribution in [3.05, 3.63) is 68.1 Å². The number of rotatable bonds is 10. The van der Waals surface area contributed by atoms with Crippen LogP contribution in [-0.4, -0.2) is 24.8 Å². The summed E-state index contributed by atoms with van der Waals surface area (Å²) in [5, 5.41) is 3.75. The molecule has 9 heteroatoms. The minimum atomic E-state index is 0.130. The van der Waals surface area contributed by atoms with E-state index in [9.17, 15) is 0 Å². The van der Waals surface area contributed by atoms with Crippen molar-refractivity contribution >= 4 is 57.7 Å². The van der Waals surface area contributed by atoms with Crippen molar-refractivity contribution in [2.75, 3.05) is 19.8 Å². The number of nitrogens with zero attached hydrogens (tertiary/aromatic N) is 1. The SMILES string of the molecule is Cc1csc(-c2ccc(OCCCOc3c(Cl)cc(OCC=C(Cl)Cl)cc3Cl)cc2)n1. The second-order valence-corrected chi connectivity index (χ2v) is 9.07. The number of halogens is 4. The van der Waals surface area contributed by atoms with Gasteiger partial charge in [0.05, 0.1) is 23.3 Å². The molecule has 0 amide bonds. The minimum absolute atomic E-state index is 0.130. The van der Waals surface area contributed by atoms with Gasteiger partial charge < -0.3 is 14.2 Å². The quantitative estimate of drug-likeness (QED) is 0.255. The third-order valence-electron chi connectivity index (χ3n) is 3.98. The third kappa shape index (κ3) is 7.48. The van der Waals surface area contributed by atoms with Gasteiger partial charge in [0.25, 0.3) is 0 Å². The van der Waals surface area contributed by atoms with Crippen molar-refractivity contribution in [1.29, 1.82) is 0 Å². The fourth-order valence-corrected chi connectivity index (χ4v) is 4.07. The predicted molar refractivity (Wildman–Crippen MR) is 130 cm³/mol. The monoisotopic (exact) mass is 517 g/mol. The van der Waals surface area contributed by atoms with Crippen molar-refractivity contribution in [3.63, 3.8) is 0 Å². The number of ether oxygens (including phenoxy) is 3. The number of hydrogen-bond donors (Lipinski definition) is 0. The number of hydrogen-bond acceptors (Lipinski definition) is 5. The third-order valence-corrected chi connectivity index (χ3v) is 5.86. The van der Waals surface area contributed by atoms with Crippen LogP contribution in [0.4, 0.5) is 0 Å². The van der Waals surface area contributed by atoms with E-state index in [2.05, 4.69) is 4.98 Å². The maximum atomic E-state index is 6.26. The second kappa shape index (κ2) is 11.8. The zero-order valence-corrected chi connectivity index (χ0v) is 20.4. The van der Waals surface area contributed by atoms with Gasteiger partial charge in [0.15, 0.2) is 5.75 Å². The highest BCUT2D eigenvalue weighted by molar-refractivity contribution is 7.13. The predicted octanol–water partition coefficient (Wildman–Crippen LogP) is 7.97. The lowest BCUT2D eigenvalue weighted by atomic mass is 10.2. The average molecular weight is 519 g/mol. The molecule has 1 heterocycles. The summed E-state index contributed by atoms with van der Waals surface area (Å²) in [6.45, 7) is 3.09. The van der Waals surface area contributed by atoms with E-state index in [0.717, 1.165) is 22.0 Å². The Morgan fingerprint density at radius 3 is 2.26 bits per heavy atom. The molecule has 0 spiro atoms. The van der Waals surface area contributed by atoms with E-state index in [1.165, 1.54) is 6.08 Å². The van der Waals surface area contributed by atoms with Gasteiger partial charge >= 0.3 is 0 Å². The molecular weight excluding hydrogens is 500 g/mol. The molecule has 4 nitrogen and oxygen atoms in total. The Balaban J connectivity index is 1.43. The van der Waals surface area contributed by atoms with E-state index in [0.29, 0.717) is 41.2 Å². The van der Waals surface area contributed by atoms with Gasteiger partial charge in [-0.1, -0.05) is 46.4 Å². The van der Waals surface area contributed by atoms with Crippen LogP contribution >= 0.6 is 57.7 Å². The van der Waals surface area contributed by atoms with Gasteiger partial charge in [-0.25, -0.2) is 4.98 Å². The molecule has 0 aliphatic rings. The molecule has 0 N–H and O–H groups in total. The van der Waals surface area contributed by atoms with Crippen molar-refractivity contribution in [2.45, 2.75) is 13.3 Å². The zero-order valence-electron chi connectivity index (χ0n) is 16.5. The summed E-state index contributed by atoms with van der Waals surface area (Å²) in [7, 11) is 0. The van der Waals surface area contributed by atoms with E-state index < -0.39 is 0 Å². The molecule has 0 bridgehead atoms. The van der Waals surface area contributed by atoms with E-state index in [4.69, 9.17) is 60.6 Å². The van der Waals surface area contributed by atoms with Crippen molar-refractivity contribution in [2.24, 2.45) is 0 Å². The number of aryl methyl sites for hydroxylation is 1. The number of aromatic nitrogens is 1. The first-order valence-electron chi connectivity index (χ1n) is 9.33. The molecule has 0 aliphatic carbocycles. The van der Waals surface area contributed by atoms with Gasteiger partial charge in [0, 0.05) is 35.2 Å². The first-order chi connectivity index (χ1) is 14.9. The minimum Gasteiger partial charge on any atom is -0.493 e. The summed E-state index contributed by atoms with van der Waals surface area (Å²) in [5.41, 5.74) is 2.10. The molecule has 0 aliphatic heterocycles. The Morgan fingerprint density at radius 1 is 0.968 bits per heavy atom. The Morgan fingerprint density at radius 2 is 1.65 bits per heavy atom. The van der Waals surface area contributed by atoms with Gasteiger partial charge in [0.2, 0.25) is 0 Å². The first-order valence-corrected chi connectivity index (χ1v) is 11.7. The summed E-state index contributed by atoms with van der Waals surface area (Å²) in [6, 6.07) is 11.1. The Kier molecular flexibility index (Phi) is 9.17. The molecule has 3 aromatic rings. The molecule has 31 heavy (non-hydrogen) atoms. The van der Waals surface area contributed by atoms with Crippen LogP contribution in [0.5, 0.6) is 17.2 Å². The zero-order chi connectivity index (χ0) is 22.2. The summed E-state index contributed by atoms with van der Waals surface area (Å²) in [4.78, 5) is 4.49. The first kappa shape index (κ1) is 24.0. The lowest BCUT2D eigenvalue weighted by Gasteiger charge is -2.12. The van der Waals surface area contributed by atoms with Crippen LogP contribution in [0.1, 0.15) is 12.1 Å². The maximum Gasteiger partial charge on any atom is 0.156 e. The van der Waals surface area contributed by atoms with E-state index >= 15 is 0 Å². The van der Waals surface area contributed by atoms with Gasteiger partial charge in [-0.3, -0.25) is 0 Å². The largest absolute Gasteiger partial charge is 0.493 e. The molecule has 3 rings (SSSR count). The van der Waals surface area contributed by atoms with Crippen LogP contribution < -0.4 is 14.2 Å². The van der Waals surface area contributed by atoms with Crippen LogP contribution in [-0.2, 0) is 0 Å². The highest BCUT2D eigenvalue weighted by atomic mass is 35.5. The molecule has 2 aromatic carbocycles. The molecule has 0 saturated heterocycles. The molecule has 0 radical (unpaired) electrons. The van der Waals surface area contributed by atoms with Crippen LogP contribution in [0, 0.1) is 6.92 Å². The Labute approximate surface area is 205 Å². The average Bonchev–Trinajstić information content (AvgIpc) is 3.16. The van der Waals surface area contributed by atoms with Crippen molar-refractivity contribution in [1.82, 2.24) is 4.98 Å². The Hall–Kier alpha value is -1.63. The van der Waals surface area contributed by atoms with Gasteiger partial charge in [-0.2, -0.15) is 0 Å². The van der Waals surface area contributed by atoms with E-state index in [1.807, 2.05) is 36.6 Å². The molecule has 164 valence electrons. The fourth-order valence-electron chi connectivity index (χ4n) is 2.56. The van der Waals surface area contributed by atoms with Crippen LogP contribution in [0.15, 0.2) is 52.3 Å². The second-order valence-electron chi connectivity index (χ2n) is 6.39. The van der Waals surface area contributed by atoms with Crippen LogP contribution in [0.25, 0.3) is 10.6 Å². The van der Waals surface area contributed by atoms with Crippen LogP contribution in [0.3, 0.4) is 0 Å². The molecule has 1 aromatic heterocycles. The van der Waals surface area contributed by atoms with E-state index in [-0.39, 0.29) is 11.1 Å². The highest BCUT2D eigenvalue weighted by Crippen LogP contribution is 2.37. The van der Waals surface area contributed by atoms with Gasteiger partial charge in [-0.15, -0.1) is 11.3 Å². The molecule has 0 atom stereocenters. The highest BCUT2D eigenvalue weighted by Gasteiger charge is 2.11.